The van der Waals surface area contributed by atoms with Crippen LogP contribution in [0.3, 0.4) is 0 Å². The summed E-state index contributed by atoms with van der Waals surface area (Å²) >= 11 is 0. The molecule has 8 heteroatoms. The van der Waals surface area contributed by atoms with Crippen molar-refractivity contribution in [1.29, 1.82) is 0 Å². The highest BCUT2D eigenvalue weighted by Gasteiger charge is 2.30. The van der Waals surface area contributed by atoms with Crippen molar-refractivity contribution in [3.8, 4) is 17.2 Å². The first-order chi connectivity index (χ1) is 17.8. The van der Waals surface area contributed by atoms with Gasteiger partial charge >= 0.3 is 6.18 Å². The Labute approximate surface area is 210 Å². The molecule has 0 unspecified atom stereocenters. The maximum Gasteiger partial charge on any atom is 0.416 e. The van der Waals surface area contributed by atoms with Crippen LogP contribution in [-0.4, -0.2) is 23.8 Å². The van der Waals surface area contributed by atoms with Gasteiger partial charge < -0.3 is 9.47 Å². The molecule has 5 aromatic rings. The molecule has 0 radical (unpaired) electrons. The van der Waals surface area contributed by atoms with Crippen LogP contribution in [0.25, 0.3) is 39.5 Å². The van der Waals surface area contributed by atoms with E-state index in [2.05, 4.69) is 4.98 Å². The Balaban J connectivity index is 1.76. The van der Waals surface area contributed by atoms with Gasteiger partial charge in [-0.2, -0.15) is 13.2 Å². The van der Waals surface area contributed by atoms with Crippen LogP contribution in [0, 0.1) is 0 Å². The van der Waals surface area contributed by atoms with E-state index in [-0.39, 0.29) is 11.5 Å². The molecule has 37 heavy (non-hydrogen) atoms. The zero-order valence-corrected chi connectivity index (χ0v) is 19.9. The number of hydrogen-bond acceptors (Lipinski definition) is 4. The number of nitrogens with zero attached hydrogens (tertiary/aromatic N) is 2. The lowest BCUT2D eigenvalue weighted by Gasteiger charge is -2.14. The van der Waals surface area contributed by atoms with Gasteiger partial charge in [0.05, 0.1) is 36.4 Å². The Kier molecular flexibility index (Phi) is 6.17. The second kappa shape index (κ2) is 9.46. The molecule has 5 rings (SSSR count). The van der Waals surface area contributed by atoms with Gasteiger partial charge in [-0.3, -0.25) is 9.36 Å². The molecule has 1 heterocycles. The van der Waals surface area contributed by atoms with Crippen molar-refractivity contribution in [2.24, 2.45) is 0 Å². The van der Waals surface area contributed by atoms with Crippen LogP contribution >= 0.6 is 0 Å². The Bertz CT molecular complexity index is 1720. The van der Waals surface area contributed by atoms with Crippen LogP contribution in [0.1, 0.15) is 17.0 Å². The first-order valence-corrected chi connectivity index (χ1v) is 11.3. The van der Waals surface area contributed by atoms with E-state index < -0.39 is 17.3 Å². The second-order valence-electron chi connectivity index (χ2n) is 8.28. The summed E-state index contributed by atoms with van der Waals surface area (Å²) < 4.78 is 52.5. The van der Waals surface area contributed by atoms with E-state index in [4.69, 9.17) is 9.47 Å². The van der Waals surface area contributed by atoms with Crippen molar-refractivity contribution in [3.05, 3.63) is 106 Å². The van der Waals surface area contributed by atoms with Crippen LogP contribution in [0.5, 0.6) is 11.5 Å². The lowest BCUT2D eigenvalue weighted by atomic mass is 10.0. The van der Waals surface area contributed by atoms with Crippen molar-refractivity contribution in [1.82, 2.24) is 9.55 Å². The van der Waals surface area contributed by atoms with Gasteiger partial charge in [0.15, 0.2) is 0 Å². The number of hydrogen-bond donors (Lipinski definition) is 0. The Morgan fingerprint density at radius 1 is 0.838 bits per heavy atom. The van der Waals surface area contributed by atoms with Gasteiger partial charge in [-0.05, 0) is 71.5 Å². The number of methoxy groups -OCH3 is 2. The maximum atomic E-state index is 13.5. The largest absolute Gasteiger partial charge is 0.497 e. The third-order valence-electron chi connectivity index (χ3n) is 6.08. The summed E-state index contributed by atoms with van der Waals surface area (Å²) in [5, 5.41) is 2.07. The zero-order chi connectivity index (χ0) is 26.2. The van der Waals surface area contributed by atoms with Crippen molar-refractivity contribution >= 4 is 33.8 Å². The van der Waals surface area contributed by atoms with E-state index in [0.717, 1.165) is 22.9 Å². The van der Waals surface area contributed by atoms with Crippen molar-refractivity contribution in [2.75, 3.05) is 14.2 Å². The molecule has 0 amide bonds. The highest BCUT2D eigenvalue weighted by molar-refractivity contribution is 5.96. The standard InChI is InChI=1S/C29H21F3N2O3/c1-36-21-12-10-18-11-14-26(37-2)22(24(18)17-21)13-15-27-33-25-9-4-3-8-23(25)28(35)34(27)20-7-5-6-19(16-20)29(30,31)32/h3-17H,1-2H3/b15-13+. The molecular formula is C29H21F3N2O3. The Hall–Kier alpha value is -4.59. The highest BCUT2D eigenvalue weighted by atomic mass is 19.4. The summed E-state index contributed by atoms with van der Waals surface area (Å²) in [6.07, 6.45) is -1.22. The van der Waals surface area contributed by atoms with Crippen LogP contribution in [0.15, 0.2) is 83.7 Å². The number of fused-ring (bicyclic) bond motifs is 2. The zero-order valence-electron chi connectivity index (χ0n) is 19.9. The summed E-state index contributed by atoms with van der Waals surface area (Å²) in [7, 11) is 3.12. The fourth-order valence-corrected chi connectivity index (χ4v) is 4.27. The number of aromatic nitrogens is 2. The molecule has 0 bridgehead atoms. The molecule has 0 N–H and O–H groups in total. The molecular weight excluding hydrogens is 481 g/mol. The average molecular weight is 502 g/mol. The van der Waals surface area contributed by atoms with Gasteiger partial charge in [-0.25, -0.2) is 4.98 Å². The number of rotatable bonds is 5. The first-order valence-electron chi connectivity index (χ1n) is 11.3. The van der Waals surface area contributed by atoms with Gasteiger partial charge in [0.1, 0.15) is 17.3 Å². The highest BCUT2D eigenvalue weighted by Crippen LogP contribution is 2.33. The van der Waals surface area contributed by atoms with Crippen LogP contribution in [0.4, 0.5) is 13.2 Å². The minimum Gasteiger partial charge on any atom is -0.497 e. The molecule has 4 aromatic carbocycles. The van der Waals surface area contributed by atoms with Crippen molar-refractivity contribution in [3.63, 3.8) is 0 Å². The molecule has 0 atom stereocenters. The van der Waals surface area contributed by atoms with Gasteiger partial charge in [-0.15, -0.1) is 0 Å². The van der Waals surface area contributed by atoms with E-state index >= 15 is 0 Å². The summed E-state index contributed by atoms with van der Waals surface area (Å²) in [5.41, 5.74) is -0.137. The van der Waals surface area contributed by atoms with Gasteiger partial charge in [0, 0.05) is 5.56 Å². The third kappa shape index (κ3) is 4.53. The molecule has 0 aliphatic heterocycles. The summed E-state index contributed by atoms with van der Waals surface area (Å²) in [5.74, 6) is 1.40. The molecule has 0 fully saturated rings. The van der Waals surface area contributed by atoms with Crippen LogP contribution < -0.4 is 15.0 Å². The number of para-hydroxylation sites is 1. The van der Waals surface area contributed by atoms with Crippen molar-refractivity contribution < 1.29 is 22.6 Å². The van der Waals surface area contributed by atoms with Crippen molar-refractivity contribution in [2.45, 2.75) is 6.18 Å². The van der Waals surface area contributed by atoms with Crippen LogP contribution in [-0.2, 0) is 6.18 Å². The predicted molar refractivity (Wildman–Crippen MR) is 138 cm³/mol. The molecule has 0 aliphatic rings. The van der Waals surface area contributed by atoms with E-state index in [1.165, 1.54) is 16.7 Å². The number of alkyl halides is 3. The maximum absolute atomic E-state index is 13.5. The topological polar surface area (TPSA) is 53.4 Å². The number of halogens is 3. The quantitative estimate of drug-likeness (QED) is 0.267. The molecule has 1 aromatic heterocycles. The predicted octanol–water partition coefficient (Wildman–Crippen LogP) is 6.75. The molecule has 5 nitrogen and oxygen atoms in total. The normalized spacial score (nSPS) is 11.9. The van der Waals surface area contributed by atoms with Gasteiger partial charge in [0.25, 0.3) is 5.56 Å². The lowest BCUT2D eigenvalue weighted by Crippen LogP contribution is -2.22. The van der Waals surface area contributed by atoms with E-state index in [9.17, 15) is 18.0 Å². The minimum atomic E-state index is -4.56. The molecule has 186 valence electrons. The minimum absolute atomic E-state index is 0.0595. The molecule has 0 aliphatic carbocycles. The summed E-state index contributed by atoms with van der Waals surface area (Å²) in [4.78, 5) is 18.1. The van der Waals surface area contributed by atoms with E-state index in [0.29, 0.717) is 28.0 Å². The molecule has 0 spiro atoms. The monoisotopic (exact) mass is 502 g/mol. The molecule has 0 saturated carbocycles. The van der Waals surface area contributed by atoms with Gasteiger partial charge in [0.2, 0.25) is 0 Å². The van der Waals surface area contributed by atoms with Crippen LogP contribution in [0.2, 0.25) is 0 Å². The number of ether oxygens (including phenoxy) is 2. The SMILES string of the molecule is COc1ccc2ccc(OC)c(/C=C/c3nc4ccccc4c(=O)n3-c3cccc(C(F)(F)F)c3)c2c1. The Morgan fingerprint density at radius 3 is 2.38 bits per heavy atom. The number of benzene rings is 4. The van der Waals surface area contributed by atoms with E-state index in [1.54, 1.807) is 50.6 Å². The summed E-state index contributed by atoms with van der Waals surface area (Å²) in [6.45, 7) is 0. The molecule has 0 saturated heterocycles. The lowest BCUT2D eigenvalue weighted by molar-refractivity contribution is -0.137. The summed E-state index contributed by atoms with van der Waals surface area (Å²) in [6, 6.07) is 20.7. The fraction of sp³-hybridized carbons (Fsp3) is 0.103. The average Bonchev–Trinajstić information content (AvgIpc) is 2.91. The van der Waals surface area contributed by atoms with Gasteiger partial charge in [-0.1, -0.05) is 30.3 Å². The third-order valence-corrected chi connectivity index (χ3v) is 6.08. The van der Waals surface area contributed by atoms with E-state index in [1.807, 2.05) is 30.3 Å². The fourth-order valence-electron chi connectivity index (χ4n) is 4.27. The first kappa shape index (κ1) is 24.1. The second-order valence-corrected chi connectivity index (χ2v) is 8.28. The smallest absolute Gasteiger partial charge is 0.416 e. The Morgan fingerprint density at radius 2 is 1.62 bits per heavy atom.